The van der Waals surface area contributed by atoms with Gasteiger partial charge in [0.15, 0.2) is 0 Å². The van der Waals surface area contributed by atoms with E-state index < -0.39 is 0 Å². The smallest absolute Gasteiger partial charge is 0.256 e. The number of nitrogens with two attached hydrogens (primary N) is 1. The van der Waals surface area contributed by atoms with Crippen molar-refractivity contribution >= 4 is 29.1 Å². The van der Waals surface area contributed by atoms with Crippen LogP contribution >= 0.6 is 0 Å². The van der Waals surface area contributed by atoms with Gasteiger partial charge in [-0.15, -0.1) is 0 Å². The molecule has 1 amide bonds. The number of anilines is 3. The van der Waals surface area contributed by atoms with E-state index in [1.165, 1.54) is 25.6 Å². The molecule has 0 radical (unpaired) electrons. The monoisotopic (exact) mass is 415 g/mol. The van der Waals surface area contributed by atoms with Crippen molar-refractivity contribution in [2.75, 3.05) is 16.4 Å². The van der Waals surface area contributed by atoms with Crippen molar-refractivity contribution in [2.24, 2.45) is 0 Å². The molecule has 8 nitrogen and oxygen atoms in total. The number of hydrogen-bond donors (Lipinski definition) is 4. The Morgan fingerprint density at radius 1 is 0.968 bits per heavy atom. The van der Waals surface area contributed by atoms with Crippen LogP contribution in [0.25, 0.3) is 0 Å². The van der Waals surface area contributed by atoms with Gasteiger partial charge in [0.2, 0.25) is 0 Å². The molecule has 1 aliphatic rings. The Morgan fingerprint density at radius 2 is 1.71 bits per heavy atom. The molecule has 1 fully saturated rings. The maximum Gasteiger partial charge on any atom is 0.256 e. The van der Waals surface area contributed by atoms with Crippen molar-refractivity contribution in [3.05, 3.63) is 71.7 Å². The van der Waals surface area contributed by atoms with Gasteiger partial charge in [0.25, 0.3) is 5.91 Å². The van der Waals surface area contributed by atoms with Gasteiger partial charge >= 0.3 is 0 Å². The molecule has 1 saturated carbocycles. The zero-order chi connectivity index (χ0) is 21.6. The predicted octanol–water partition coefficient (Wildman–Crippen LogP) is 3.87. The average Bonchev–Trinajstić information content (AvgIpc) is 2.80. The summed E-state index contributed by atoms with van der Waals surface area (Å²) in [7, 11) is 0. The lowest BCUT2D eigenvalue weighted by molar-refractivity contribution is 0.102. The molecular weight excluding hydrogens is 390 g/mol. The summed E-state index contributed by atoms with van der Waals surface area (Å²) in [6, 6.07) is 12.4. The molecule has 2 aromatic heterocycles. The fourth-order valence-electron chi connectivity index (χ4n) is 3.75. The van der Waals surface area contributed by atoms with E-state index in [1.807, 2.05) is 0 Å². The zero-order valence-electron chi connectivity index (χ0n) is 17.1. The summed E-state index contributed by atoms with van der Waals surface area (Å²) in [6.07, 6.45) is 8.83. The Morgan fingerprint density at radius 3 is 2.42 bits per heavy atom. The molecule has 31 heavy (non-hydrogen) atoms. The average molecular weight is 416 g/mol. The minimum absolute atomic E-state index is 0.216. The fourth-order valence-corrected chi connectivity index (χ4v) is 3.75. The third-order valence-electron chi connectivity index (χ3n) is 5.41. The topological polar surface area (TPSA) is 130 Å². The van der Waals surface area contributed by atoms with Crippen LogP contribution in [-0.2, 0) is 0 Å². The van der Waals surface area contributed by atoms with E-state index in [1.54, 1.807) is 48.7 Å². The lowest BCUT2D eigenvalue weighted by Crippen LogP contribution is -2.25. The van der Waals surface area contributed by atoms with Gasteiger partial charge in [-0.05, 0) is 37.1 Å². The number of carbonyl (C=O) groups excluding carboxylic acids is 1. The molecular formula is C23H25N7O. The second kappa shape index (κ2) is 9.34. The summed E-state index contributed by atoms with van der Waals surface area (Å²) >= 11 is 0. The molecule has 8 heteroatoms. The Labute approximate surface area is 180 Å². The number of carbonyl (C=O) groups is 1. The van der Waals surface area contributed by atoms with E-state index in [9.17, 15) is 4.79 Å². The standard InChI is InChI=1S/C23H25N7O/c24-20(19-21(25)27-14-28-22(19)29-17-6-2-1-3-7-17)15-9-11-16(12-10-15)23(31)30-18-8-4-5-13-26-18/h4-5,8-14,17,24H,1-3,6-7H2,(H,26,30,31)(H3,25,27,28,29). The molecule has 2 heterocycles. The van der Waals surface area contributed by atoms with Crippen molar-refractivity contribution < 1.29 is 4.79 Å². The number of nitrogens with zero attached hydrogens (tertiary/aromatic N) is 3. The molecule has 5 N–H and O–H groups in total. The normalized spacial score (nSPS) is 14.1. The molecule has 1 aromatic carbocycles. The molecule has 0 aliphatic heterocycles. The number of rotatable bonds is 6. The Hall–Kier alpha value is -3.81. The first-order valence-corrected chi connectivity index (χ1v) is 10.4. The van der Waals surface area contributed by atoms with Crippen LogP contribution in [0.3, 0.4) is 0 Å². The summed E-state index contributed by atoms with van der Waals surface area (Å²) in [4.78, 5) is 25.0. The highest BCUT2D eigenvalue weighted by molar-refractivity contribution is 6.16. The van der Waals surface area contributed by atoms with Crippen LogP contribution < -0.4 is 16.4 Å². The van der Waals surface area contributed by atoms with Crippen molar-refractivity contribution in [2.45, 2.75) is 38.1 Å². The molecule has 0 bridgehead atoms. The van der Waals surface area contributed by atoms with Crippen LogP contribution in [0, 0.1) is 5.41 Å². The quantitative estimate of drug-likeness (QED) is 0.452. The number of nitrogens with one attached hydrogen (secondary N) is 3. The van der Waals surface area contributed by atoms with Crippen LogP contribution in [0.1, 0.15) is 53.6 Å². The predicted molar refractivity (Wildman–Crippen MR) is 122 cm³/mol. The third kappa shape index (κ3) is 4.85. The largest absolute Gasteiger partial charge is 0.383 e. The highest BCUT2D eigenvalue weighted by Gasteiger charge is 2.20. The van der Waals surface area contributed by atoms with Crippen LogP contribution in [0.15, 0.2) is 55.0 Å². The van der Waals surface area contributed by atoms with Gasteiger partial charge in [-0.25, -0.2) is 15.0 Å². The number of pyridine rings is 1. The molecule has 0 atom stereocenters. The number of nitrogen functional groups attached to an aromatic ring is 1. The van der Waals surface area contributed by atoms with Crippen LogP contribution in [0.2, 0.25) is 0 Å². The third-order valence-corrected chi connectivity index (χ3v) is 5.41. The molecule has 1 aliphatic carbocycles. The van der Waals surface area contributed by atoms with E-state index in [-0.39, 0.29) is 17.4 Å². The number of benzene rings is 1. The molecule has 0 spiro atoms. The molecule has 4 rings (SSSR count). The minimum Gasteiger partial charge on any atom is -0.383 e. The maximum atomic E-state index is 12.4. The summed E-state index contributed by atoms with van der Waals surface area (Å²) in [5.74, 6) is 1.06. The second-order valence-electron chi connectivity index (χ2n) is 7.58. The summed E-state index contributed by atoms with van der Waals surface area (Å²) in [5, 5.41) is 14.9. The molecule has 0 saturated heterocycles. The van der Waals surface area contributed by atoms with Gasteiger partial charge < -0.3 is 16.4 Å². The lowest BCUT2D eigenvalue weighted by atomic mass is 9.95. The van der Waals surface area contributed by atoms with Gasteiger partial charge in [0, 0.05) is 23.4 Å². The summed E-state index contributed by atoms with van der Waals surface area (Å²) in [6.45, 7) is 0. The van der Waals surface area contributed by atoms with Gasteiger partial charge in [-0.1, -0.05) is 37.5 Å². The van der Waals surface area contributed by atoms with Crippen molar-refractivity contribution in [1.29, 1.82) is 5.41 Å². The molecule has 158 valence electrons. The Bertz CT molecular complexity index is 1060. The highest BCUT2D eigenvalue weighted by Crippen LogP contribution is 2.26. The number of hydrogen-bond acceptors (Lipinski definition) is 7. The van der Waals surface area contributed by atoms with Crippen LogP contribution in [0.4, 0.5) is 17.5 Å². The fraction of sp³-hybridized carbons (Fsp3) is 0.261. The van der Waals surface area contributed by atoms with Crippen LogP contribution in [-0.4, -0.2) is 32.6 Å². The van der Waals surface area contributed by atoms with Gasteiger partial charge in [-0.3, -0.25) is 10.2 Å². The molecule has 0 unspecified atom stereocenters. The van der Waals surface area contributed by atoms with Crippen molar-refractivity contribution in [3.63, 3.8) is 0 Å². The van der Waals surface area contributed by atoms with Crippen LogP contribution in [0.5, 0.6) is 0 Å². The Balaban J connectivity index is 1.52. The first-order chi connectivity index (χ1) is 15.1. The maximum absolute atomic E-state index is 12.4. The first kappa shape index (κ1) is 20.5. The zero-order valence-corrected chi connectivity index (χ0v) is 17.1. The number of aromatic nitrogens is 3. The Kier molecular flexibility index (Phi) is 6.16. The second-order valence-corrected chi connectivity index (χ2v) is 7.58. The van der Waals surface area contributed by atoms with Gasteiger partial charge in [-0.2, -0.15) is 0 Å². The van der Waals surface area contributed by atoms with Crippen molar-refractivity contribution in [3.8, 4) is 0 Å². The SMILES string of the molecule is N=C(c1ccc(C(=O)Nc2ccccn2)cc1)c1c(N)ncnc1NC1CCCCC1. The highest BCUT2D eigenvalue weighted by atomic mass is 16.1. The molecule has 3 aromatic rings. The van der Waals surface area contributed by atoms with E-state index in [0.29, 0.717) is 34.4 Å². The van der Waals surface area contributed by atoms with Crippen molar-refractivity contribution in [1.82, 2.24) is 15.0 Å². The van der Waals surface area contributed by atoms with Gasteiger partial charge in [0.1, 0.15) is 23.8 Å². The lowest BCUT2D eigenvalue weighted by Gasteiger charge is -2.24. The van der Waals surface area contributed by atoms with E-state index >= 15 is 0 Å². The first-order valence-electron chi connectivity index (χ1n) is 10.4. The van der Waals surface area contributed by atoms with Gasteiger partial charge in [0.05, 0.1) is 11.3 Å². The van der Waals surface area contributed by atoms with E-state index in [4.69, 9.17) is 11.1 Å². The summed E-state index contributed by atoms with van der Waals surface area (Å²) in [5.41, 5.74) is 7.93. The number of amides is 1. The minimum atomic E-state index is -0.265. The van der Waals surface area contributed by atoms with E-state index in [0.717, 1.165) is 12.8 Å². The summed E-state index contributed by atoms with van der Waals surface area (Å²) < 4.78 is 0. The van der Waals surface area contributed by atoms with E-state index in [2.05, 4.69) is 25.6 Å².